The van der Waals surface area contributed by atoms with E-state index in [9.17, 15) is 19.7 Å². The Bertz CT molecular complexity index is 1160. The van der Waals surface area contributed by atoms with Crippen molar-refractivity contribution < 1.29 is 19.2 Å². The average Bonchev–Trinajstić information content (AvgIpc) is 3.17. The summed E-state index contributed by atoms with van der Waals surface area (Å²) in [5.41, 5.74) is 2.21. The van der Waals surface area contributed by atoms with E-state index in [4.69, 9.17) is 4.74 Å². The number of anilines is 1. The molecule has 166 valence electrons. The Balaban J connectivity index is 1.74. The Hall–Kier alpha value is -3.24. The molecule has 0 aliphatic heterocycles. The quantitative estimate of drug-likeness (QED) is 0.265. The van der Waals surface area contributed by atoms with Gasteiger partial charge in [-0.1, -0.05) is 43.8 Å². The van der Waals surface area contributed by atoms with Crippen LogP contribution in [0.5, 0.6) is 0 Å². The zero-order valence-corrected chi connectivity index (χ0v) is 19.3. The number of carbonyl (C=O) groups is 2. The Kier molecular flexibility index (Phi) is 7.60. The summed E-state index contributed by atoms with van der Waals surface area (Å²) in [5.74, 6) is -1.12. The van der Waals surface area contributed by atoms with Crippen molar-refractivity contribution in [3.05, 3.63) is 74.8 Å². The van der Waals surface area contributed by atoms with Gasteiger partial charge in [-0.25, -0.2) is 9.78 Å². The fourth-order valence-electron chi connectivity index (χ4n) is 2.86. The maximum Gasteiger partial charge on any atom is 0.340 e. The number of non-ortho nitro benzene ring substituents is 1. The van der Waals surface area contributed by atoms with E-state index in [-0.39, 0.29) is 17.2 Å². The number of nitro groups is 1. The van der Waals surface area contributed by atoms with Gasteiger partial charge in [-0.15, -0.1) is 11.3 Å². The van der Waals surface area contributed by atoms with E-state index in [0.717, 1.165) is 17.3 Å². The summed E-state index contributed by atoms with van der Waals surface area (Å²) in [7, 11) is 0. The minimum absolute atomic E-state index is 0.00688. The van der Waals surface area contributed by atoms with Crippen LogP contribution < -0.4 is 5.32 Å². The van der Waals surface area contributed by atoms with Crippen molar-refractivity contribution in [1.29, 1.82) is 0 Å². The maximum absolute atomic E-state index is 12.7. The second-order valence-corrected chi connectivity index (χ2v) is 9.31. The zero-order valence-electron chi connectivity index (χ0n) is 17.7. The van der Waals surface area contributed by atoms with E-state index in [2.05, 4.69) is 10.3 Å². The van der Waals surface area contributed by atoms with E-state index >= 15 is 0 Å². The molecule has 0 fully saturated rings. The highest BCUT2D eigenvalue weighted by atomic mass is 32.2. The second kappa shape index (κ2) is 10.4. The van der Waals surface area contributed by atoms with Crippen LogP contribution in [0.2, 0.25) is 0 Å². The predicted molar refractivity (Wildman–Crippen MR) is 124 cm³/mol. The summed E-state index contributed by atoms with van der Waals surface area (Å²) < 4.78 is 5.87. The van der Waals surface area contributed by atoms with Crippen LogP contribution in [0.15, 0.2) is 57.1 Å². The van der Waals surface area contributed by atoms with Gasteiger partial charge in [-0.05, 0) is 30.5 Å². The van der Waals surface area contributed by atoms with Gasteiger partial charge in [-0.2, -0.15) is 0 Å². The molecule has 0 bridgehead atoms. The fraction of sp³-hybridized carbons (Fsp3) is 0.227. The molecule has 0 aliphatic carbocycles. The number of ether oxygens (including phenoxy) is 1. The van der Waals surface area contributed by atoms with Crippen molar-refractivity contribution in [3.63, 3.8) is 0 Å². The summed E-state index contributed by atoms with van der Waals surface area (Å²) in [6, 6.07) is 11.3. The van der Waals surface area contributed by atoms with Crippen molar-refractivity contribution >= 4 is 46.3 Å². The van der Waals surface area contributed by atoms with Crippen LogP contribution in [0.25, 0.3) is 0 Å². The van der Waals surface area contributed by atoms with E-state index in [1.807, 2.05) is 38.3 Å². The largest absolute Gasteiger partial charge is 0.452 e. The zero-order chi connectivity index (χ0) is 23.3. The number of nitrogens with one attached hydrogen (secondary N) is 1. The topological polar surface area (TPSA) is 111 Å². The third-order valence-corrected chi connectivity index (χ3v) is 6.51. The minimum atomic E-state index is -0.822. The molecule has 0 saturated heterocycles. The molecule has 3 aromatic rings. The number of hydrogen-bond acceptors (Lipinski definition) is 8. The molecule has 32 heavy (non-hydrogen) atoms. The number of amides is 1. The Morgan fingerprint density at radius 1 is 1.25 bits per heavy atom. The third-order valence-electron chi connectivity index (χ3n) is 4.38. The minimum Gasteiger partial charge on any atom is -0.452 e. The van der Waals surface area contributed by atoms with Gasteiger partial charge in [0.2, 0.25) is 0 Å². The lowest BCUT2D eigenvalue weighted by atomic mass is 10.0. The number of benzene rings is 2. The Morgan fingerprint density at radius 3 is 2.66 bits per heavy atom. The lowest BCUT2D eigenvalue weighted by molar-refractivity contribution is -0.384. The first-order valence-corrected chi connectivity index (χ1v) is 11.4. The van der Waals surface area contributed by atoms with Crippen LogP contribution in [0, 0.1) is 17.0 Å². The van der Waals surface area contributed by atoms with E-state index in [1.165, 1.54) is 35.2 Å². The highest BCUT2D eigenvalue weighted by Crippen LogP contribution is 2.34. The molecule has 1 N–H and O–H groups in total. The summed E-state index contributed by atoms with van der Waals surface area (Å²) in [6.07, 6.45) is 0. The molecular weight excluding hydrogens is 450 g/mol. The maximum atomic E-state index is 12.7. The number of carbonyl (C=O) groups excluding carboxylic acids is 2. The van der Waals surface area contributed by atoms with E-state index < -0.39 is 23.4 Å². The van der Waals surface area contributed by atoms with E-state index in [1.54, 1.807) is 12.1 Å². The van der Waals surface area contributed by atoms with E-state index in [0.29, 0.717) is 14.9 Å². The van der Waals surface area contributed by atoms with Crippen LogP contribution in [-0.4, -0.2) is 28.4 Å². The molecule has 0 aliphatic rings. The first-order chi connectivity index (χ1) is 15.2. The standard InChI is InChI=1S/C22H21N3O5S2/c1-13(2)16-6-4-5-7-18(16)24-20(26)11-30-21(27)17-10-15(25(28)29)8-9-19(17)32-22-23-14(3)12-31-22/h4-10,12-13H,11H2,1-3H3,(H,24,26). The van der Waals surface area contributed by atoms with Crippen LogP contribution in [0.3, 0.4) is 0 Å². The number of esters is 1. The normalized spacial score (nSPS) is 10.8. The lowest BCUT2D eigenvalue weighted by Crippen LogP contribution is -2.22. The van der Waals surface area contributed by atoms with Crippen LogP contribution >= 0.6 is 23.1 Å². The average molecular weight is 472 g/mol. The molecule has 0 radical (unpaired) electrons. The summed E-state index contributed by atoms with van der Waals surface area (Å²) in [6.45, 7) is 5.35. The number of rotatable bonds is 8. The van der Waals surface area contributed by atoms with Crippen molar-refractivity contribution in [1.82, 2.24) is 4.98 Å². The van der Waals surface area contributed by atoms with Crippen LogP contribution in [0.4, 0.5) is 11.4 Å². The number of nitrogens with zero attached hydrogens (tertiary/aromatic N) is 2. The van der Waals surface area contributed by atoms with Crippen LogP contribution in [-0.2, 0) is 9.53 Å². The summed E-state index contributed by atoms with van der Waals surface area (Å²) >= 11 is 2.61. The van der Waals surface area contributed by atoms with Gasteiger partial charge in [0.1, 0.15) is 0 Å². The first-order valence-electron chi connectivity index (χ1n) is 9.69. The van der Waals surface area contributed by atoms with Crippen LogP contribution in [0.1, 0.15) is 41.4 Å². The lowest BCUT2D eigenvalue weighted by Gasteiger charge is -2.14. The van der Waals surface area contributed by atoms with Crippen molar-refractivity contribution in [2.24, 2.45) is 0 Å². The smallest absolute Gasteiger partial charge is 0.340 e. The number of aromatic nitrogens is 1. The highest BCUT2D eigenvalue weighted by molar-refractivity contribution is 8.01. The molecular formula is C22H21N3O5S2. The second-order valence-electron chi connectivity index (χ2n) is 7.16. The van der Waals surface area contributed by atoms with Gasteiger partial charge in [0, 0.05) is 33.8 Å². The van der Waals surface area contributed by atoms with Gasteiger partial charge in [-0.3, -0.25) is 14.9 Å². The molecule has 1 heterocycles. The van der Waals surface area contributed by atoms with Crippen molar-refractivity contribution in [2.75, 3.05) is 11.9 Å². The molecule has 8 nitrogen and oxygen atoms in total. The summed E-state index contributed by atoms with van der Waals surface area (Å²) in [4.78, 5) is 40.5. The SMILES string of the molecule is Cc1csc(Sc2ccc([N+](=O)[O-])cc2C(=O)OCC(=O)Nc2ccccc2C(C)C)n1. The van der Waals surface area contributed by atoms with Gasteiger partial charge >= 0.3 is 5.97 Å². The van der Waals surface area contributed by atoms with Gasteiger partial charge in [0.05, 0.1) is 10.5 Å². The van der Waals surface area contributed by atoms with Gasteiger partial charge in [0.15, 0.2) is 10.9 Å². The first kappa shape index (κ1) is 23.4. The third kappa shape index (κ3) is 5.92. The molecule has 0 unspecified atom stereocenters. The molecule has 0 saturated carbocycles. The number of hydrogen-bond donors (Lipinski definition) is 1. The molecule has 0 spiro atoms. The van der Waals surface area contributed by atoms with Crippen molar-refractivity contribution in [2.45, 2.75) is 35.9 Å². The number of nitro benzene ring substituents is 1. The molecule has 0 atom stereocenters. The predicted octanol–water partition coefficient (Wildman–Crippen LogP) is 5.43. The molecule has 2 aromatic carbocycles. The fourth-order valence-corrected chi connectivity index (χ4v) is 4.76. The number of aryl methyl sites for hydroxylation is 1. The molecule has 1 amide bonds. The molecule has 3 rings (SSSR count). The number of thiazole rings is 1. The molecule has 10 heteroatoms. The Morgan fingerprint density at radius 2 is 2.00 bits per heavy atom. The highest BCUT2D eigenvalue weighted by Gasteiger charge is 2.21. The monoisotopic (exact) mass is 471 g/mol. The van der Waals surface area contributed by atoms with Gasteiger partial charge in [0.25, 0.3) is 11.6 Å². The van der Waals surface area contributed by atoms with Crippen molar-refractivity contribution in [3.8, 4) is 0 Å². The summed E-state index contributed by atoms with van der Waals surface area (Å²) in [5, 5.41) is 15.8. The Labute approximate surface area is 193 Å². The van der Waals surface area contributed by atoms with Gasteiger partial charge < -0.3 is 10.1 Å². The molecule has 1 aromatic heterocycles. The number of para-hydroxylation sites is 1.